The molecule has 3 aromatic rings. The Labute approximate surface area is 175 Å². The molecule has 1 unspecified atom stereocenters. The molecule has 3 N–H and O–H groups in total. The van der Waals surface area contributed by atoms with E-state index >= 15 is 0 Å². The number of anilines is 2. The summed E-state index contributed by atoms with van der Waals surface area (Å²) in [4.78, 5) is 25.6. The fourth-order valence-electron chi connectivity index (χ4n) is 4.26. The van der Waals surface area contributed by atoms with E-state index in [1.165, 1.54) is 0 Å². The van der Waals surface area contributed by atoms with Crippen molar-refractivity contribution >= 4 is 28.3 Å². The van der Waals surface area contributed by atoms with Crippen molar-refractivity contribution in [2.75, 3.05) is 11.1 Å². The Bertz CT molecular complexity index is 1150. The number of hydrogen-bond acceptors (Lipinski definition) is 6. The summed E-state index contributed by atoms with van der Waals surface area (Å²) in [6.07, 6.45) is 7.32. The van der Waals surface area contributed by atoms with Crippen LogP contribution >= 0.6 is 0 Å². The molecule has 0 saturated heterocycles. The second-order valence-corrected chi connectivity index (χ2v) is 8.06. The Hall–Kier alpha value is -3.53. The normalized spacial score (nSPS) is 20.8. The molecule has 4 rings (SSSR count). The van der Waals surface area contributed by atoms with Crippen molar-refractivity contribution < 1.29 is 4.79 Å². The molecule has 152 valence electrons. The van der Waals surface area contributed by atoms with Gasteiger partial charge in [-0.3, -0.25) is 9.78 Å². The fourth-order valence-corrected chi connectivity index (χ4v) is 4.26. The molecule has 3 heterocycles. The number of carbonyl (C=O) groups is 1. The molecule has 1 fully saturated rings. The Kier molecular flexibility index (Phi) is 5.32. The number of nitrogens with zero attached hydrogens (tertiary/aromatic N) is 4. The first-order valence-electron chi connectivity index (χ1n) is 10.1. The lowest BCUT2D eigenvalue weighted by Crippen LogP contribution is -2.20. The molecule has 0 radical (unpaired) electrons. The van der Waals surface area contributed by atoms with Gasteiger partial charge in [-0.2, -0.15) is 5.26 Å². The highest BCUT2D eigenvalue weighted by molar-refractivity contribution is 5.97. The van der Waals surface area contributed by atoms with Gasteiger partial charge in [0.15, 0.2) is 0 Å². The molecular formula is C23H24N6O. The van der Waals surface area contributed by atoms with Gasteiger partial charge < -0.3 is 11.1 Å². The van der Waals surface area contributed by atoms with Crippen LogP contribution in [0.4, 0.5) is 11.6 Å². The quantitative estimate of drug-likeness (QED) is 0.681. The summed E-state index contributed by atoms with van der Waals surface area (Å²) < 4.78 is 0. The molecule has 0 aliphatic heterocycles. The number of amides is 1. The maximum Gasteiger partial charge on any atom is 0.225 e. The minimum atomic E-state index is -0.0809. The van der Waals surface area contributed by atoms with Crippen LogP contribution in [0.1, 0.15) is 31.7 Å². The number of carbonyl (C=O) groups excluding carboxylic acids is 1. The van der Waals surface area contributed by atoms with E-state index in [0.717, 1.165) is 40.4 Å². The van der Waals surface area contributed by atoms with E-state index in [0.29, 0.717) is 18.1 Å². The van der Waals surface area contributed by atoms with E-state index in [2.05, 4.69) is 33.3 Å². The van der Waals surface area contributed by atoms with Crippen molar-refractivity contribution in [3.63, 3.8) is 0 Å². The third-order valence-corrected chi connectivity index (χ3v) is 6.17. The lowest BCUT2D eigenvalue weighted by molar-refractivity contribution is -0.117. The van der Waals surface area contributed by atoms with Gasteiger partial charge in [0.05, 0.1) is 11.8 Å². The fraction of sp³-hybridized carbons (Fsp3) is 0.348. The van der Waals surface area contributed by atoms with Crippen LogP contribution in [-0.4, -0.2) is 20.9 Å². The lowest BCUT2D eigenvalue weighted by atomic mass is 9.90. The van der Waals surface area contributed by atoms with Crippen LogP contribution in [0.3, 0.4) is 0 Å². The van der Waals surface area contributed by atoms with Crippen molar-refractivity contribution in [3.05, 3.63) is 42.4 Å². The summed E-state index contributed by atoms with van der Waals surface area (Å²) in [5.74, 6) is 1.30. The van der Waals surface area contributed by atoms with Crippen LogP contribution in [-0.2, 0) is 4.79 Å². The zero-order valence-electron chi connectivity index (χ0n) is 17.1. The van der Waals surface area contributed by atoms with Crippen molar-refractivity contribution in [1.82, 2.24) is 15.0 Å². The van der Waals surface area contributed by atoms with Crippen molar-refractivity contribution in [3.8, 4) is 17.3 Å². The third-order valence-electron chi connectivity index (χ3n) is 6.17. The Morgan fingerprint density at radius 2 is 2.17 bits per heavy atom. The van der Waals surface area contributed by atoms with Gasteiger partial charge in [0.2, 0.25) is 5.91 Å². The topological polar surface area (TPSA) is 118 Å². The average molecular weight is 400 g/mol. The van der Waals surface area contributed by atoms with Crippen LogP contribution in [0.2, 0.25) is 0 Å². The highest BCUT2D eigenvalue weighted by Crippen LogP contribution is 2.38. The van der Waals surface area contributed by atoms with Gasteiger partial charge in [-0.1, -0.05) is 6.92 Å². The number of nitrogen functional groups attached to an aromatic ring is 1. The zero-order valence-corrected chi connectivity index (χ0v) is 17.1. The van der Waals surface area contributed by atoms with Gasteiger partial charge in [-0.15, -0.1) is 0 Å². The number of aryl methyl sites for hydroxylation is 1. The van der Waals surface area contributed by atoms with Crippen LogP contribution in [0.5, 0.6) is 0 Å². The standard InChI is InChI=1S/C23H24N6O/c1-13-5-6-26-11-18(13)20-7-17-8-21(27-12-19(17)23(25)28-20)29-22(30)9-15-3-4-16(10-24)14(15)2/h5-8,11-12,14-16H,3-4,9H2,1-2H3,(H2,25,28)(H,27,29,30)/t14-,15+,16?/m1/s1. The molecule has 7 nitrogen and oxygen atoms in total. The maximum atomic E-state index is 12.6. The molecule has 0 bridgehead atoms. The van der Waals surface area contributed by atoms with Crippen molar-refractivity contribution in [2.45, 2.75) is 33.1 Å². The van der Waals surface area contributed by atoms with Gasteiger partial charge in [0.1, 0.15) is 11.6 Å². The number of nitrogens with one attached hydrogen (secondary N) is 1. The molecule has 7 heteroatoms. The predicted octanol–water partition coefficient (Wildman–Crippen LogP) is 4.10. The van der Waals surface area contributed by atoms with E-state index in [-0.39, 0.29) is 23.7 Å². The molecule has 3 aromatic heterocycles. The van der Waals surface area contributed by atoms with Crippen molar-refractivity contribution in [2.24, 2.45) is 17.8 Å². The molecule has 1 saturated carbocycles. The Morgan fingerprint density at radius 3 is 2.90 bits per heavy atom. The predicted molar refractivity (Wildman–Crippen MR) is 116 cm³/mol. The third kappa shape index (κ3) is 3.81. The maximum absolute atomic E-state index is 12.6. The van der Waals surface area contributed by atoms with Crippen LogP contribution < -0.4 is 11.1 Å². The minimum absolute atomic E-state index is 0.0476. The number of nitrogens with two attached hydrogens (primary N) is 1. The smallest absolute Gasteiger partial charge is 0.225 e. The van der Waals surface area contributed by atoms with E-state index in [9.17, 15) is 10.1 Å². The zero-order chi connectivity index (χ0) is 21.3. The molecule has 0 aromatic carbocycles. The average Bonchev–Trinajstić information content (AvgIpc) is 3.07. The summed E-state index contributed by atoms with van der Waals surface area (Å²) in [5.41, 5.74) is 8.86. The first-order valence-corrected chi connectivity index (χ1v) is 10.1. The van der Waals surface area contributed by atoms with Crippen LogP contribution in [0.25, 0.3) is 22.0 Å². The van der Waals surface area contributed by atoms with Gasteiger partial charge in [0, 0.05) is 41.9 Å². The lowest BCUT2D eigenvalue weighted by Gasteiger charge is -2.16. The van der Waals surface area contributed by atoms with E-state index in [4.69, 9.17) is 5.73 Å². The summed E-state index contributed by atoms with van der Waals surface area (Å²) in [7, 11) is 0. The Morgan fingerprint density at radius 1 is 1.33 bits per heavy atom. The largest absolute Gasteiger partial charge is 0.383 e. The summed E-state index contributed by atoms with van der Waals surface area (Å²) >= 11 is 0. The molecule has 1 aliphatic carbocycles. The van der Waals surface area contributed by atoms with E-state index < -0.39 is 0 Å². The Balaban J connectivity index is 1.56. The van der Waals surface area contributed by atoms with Crippen LogP contribution in [0, 0.1) is 36.0 Å². The van der Waals surface area contributed by atoms with E-state index in [1.807, 2.05) is 25.1 Å². The molecule has 30 heavy (non-hydrogen) atoms. The monoisotopic (exact) mass is 400 g/mol. The van der Waals surface area contributed by atoms with Gasteiger partial charge >= 0.3 is 0 Å². The number of rotatable bonds is 4. The highest BCUT2D eigenvalue weighted by atomic mass is 16.1. The van der Waals surface area contributed by atoms with Crippen molar-refractivity contribution in [1.29, 1.82) is 5.26 Å². The molecule has 1 aliphatic rings. The number of hydrogen-bond donors (Lipinski definition) is 2. The number of nitriles is 1. The van der Waals surface area contributed by atoms with Crippen LogP contribution in [0.15, 0.2) is 36.8 Å². The van der Waals surface area contributed by atoms with E-state index in [1.54, 1.807) is 18.6 Å². The summed E-state index contributed by atoms with van der Waals surface area (Å²) in [6.45, 7) is 4.06. The van der Waals surface area contributed by atoms with Gasteiger partial charge in [0.25, 0.3) is 0 Å². The molecule has 1 amide bonds. The SMILES string of the molecule is Cc1ccncc1-c1cc2cc(NC(=O)C[C@@H]3CCC(C#N)[C@@H]3C)ncc2c(N)n1. The summed E-state index contributed by atoms with van der Waals surface area (Å²) in [6, 6.07) is 8.03. The first-order chi connectivity index (χ1) is 14.5. The number of aromatic nitrogens is 3. The number of fused-ring (bicyclic) bond motifs is 1. The minimum Gasteiger partial charge on any atom is -0.383 e. The molecule has 3 atom stereocenters. The first kappa shape index (κ1) is 19.8. The highest BCUT2D eigenvalue weighted by Gasteiger charge is 2.33. The number of pyridine rings is 3. The second kappa shape index (κ2) is 8.07. The summed E-state index contributed by atoms with van der Waals surface area (Å²) in [5, 5.41) is 13.7. The van der Waals surface area contributed by atoms with Gasteiger partial charge in [-0.25, -0.2) is 9.97 Å². The molecule has 0 spiro atoms. The molecular weight excluding hydrogens is 376 g/mol. The van der Waals surface area contributed by atoms with Gasteiger partial charge in [-0.05, 0) is 60.7 Å². The second-order valence-electron chi connectivity index (χ2n) is 8.06.